The molecule has 6 heteroatoms. The fourth-order valence-electron chi connectivity index (χ4n) is 2.36. The van der Waals surface area contributed by atoms with Gasteiger partial charge in [0.25, 0.3) is 0 Å². The van der Waals surface area contributed by atoms with Crippen LogP contribution in [0.2, 0.25) is 0 Å². The van der Waals surface area contributed by atoms with Crippen LogP contribution in [-0.4, -0.2) is 52.3 Å². The van der Waals surface area contributed by atoms with Gasteiger partial charge in [-0.05, 0) is 19.3 Å². The maximum atomic E-state index is 12.0. The lowest BCUT2D eigenvalue weighted by Crippen LogP contribution is -2.44. The molecule has 0 unspecified atom stereocenters. The first-order valence-electron chi connectivity index (χ1n) is 6.10. The van der Waals surface area contributed by atoms with E-state index in [0.717, 1.165) is 12.8 Å². The van der Waals surface area contributed by atoms with Crippen LogP contribution >= 0.6 is 0 Å². The molecular formula is C11H18N2O4. The highest BCUT2D eigenvalue weighted by Gasteiger charge is 2.47. The van der Waals surface area contributed by atoms with Gasteiger partial charge in [-0.1, -0.05) is 13.3 Å². The Hall–Kier alpha value is -1.30. The highest BCUT2D eigenvalue weighted by molar-refractivity contribution is 5.84. The second-order valence-electron chi connectivity index (χ2n) is 4.53. The Labute approximate surface area is 100 Å². The molecule has 2 bridgehead atoms. The molecule has 0 aromatic rings. The van der Waals surface area contributed by atoms with Crippen molar-refractivity contribution in [3.05, 3.63) is 0 Å². The van der Waals surface area contributed by atoms with E-state index in [9.17, 15) is 9.59 Å². The van der Waals surface area contributed by atoms with Crippen molar-refractivity contribution in [3.63, 3.8) is 0 Å². The van der Waals surface area contributed by atoms with Crippen LogP contribution in [0.5, 0.6) is 0 Å². The van der Waals surface area contributed by atoms with E-state index >= 15 is 0 Å². The molecule has 1 N–H and O–H groups in total. The fourth-order valence-corrected chi connectivity index (χ4v) is 2.36. The lowest BCUT2D eigenvalue weighted by atomic mass is 10.0. The van der Waals surface area contributed by atoms with E-state index in [1.165, 1.54) is 9.96 Å². The standard InChI is InChI=1S/C11H18N2O4/c1-2-3-6-17-13-8-4-5-9(10(14)15)12(7-8)11(13)16/h8-9H,2-7H2,1H3,(H,14,15)/t8-,9+/m1/s1. The first kappa shape index (κ1) is 12.2. The Bertz CT molecular complexity index is 321. The highest BCUT2D eigenvalue weighted by atomic mass is 16.7. The summed E-state index contributed by atoms with van der Waals surface area (Å²) < 4.78 is 0. The van der Waals surface area contributed by atoms with E-state index in [4.69, 9.17) is 9.94 Å². The highest BCUT2D eigenvalue weighted by Crippen LogP contribution is 2.30. The quantitative estimate of drug-likeness (QED) is 0.732. The van der Waals surface area contributed by atoms with Crippen molar-refractivity contribution in [2.24, 2.45) is 0 Å². The summed E-state index contributed by atoms with van der Waals surface area (Å²) >= 11 is 0. The molecule has 2 heterocycles. The number of carbonyl (C=O) groups excluding carboxylic acids is 1. The van der Waals surface area contributed by atoms with Gasteiger partial charge in [-0.15, -0.1) is 0 Å². The van der Waals surface area contributed by atoms with Gasteiger partial charge in [0, 0.05) is 6.54 Å². The van der Waals surface area contributed by atoms with Gasteiger partial charge in [-0.3, -0.25) is 4.84 Å². The van der Waals surface area contributed by atoms with E-state index in [1.807, 2.05) is 0 Å². The summed E-state index contributed by atoms with van der Waals surface area (Å²) in [5.74, 6) is -0.924. The number of amides is 2. The van der Waals surface area contributed by atoms with Crippen molar-refractivity contribution < 1.29 is 19.5 Å². The lowest BCUT2D eigenvalue weighted by Gasteiger charge is -2.26. The topological polar surface area (TPSA) is 70.1 Å². The molecule has 0 spiro atoms. The van der Waals surface area contributed by atoms with Crippen LogP contribution in [0.4, 0.5) is 4.79 Å². The number of hydrogen-bond donors (Lipinski definition) is 1. The number of rotatable bonds is 5. The van der Waals surface area contributed by atoms with Crippen LogP contribution < -0.4 is 0 Å². The number of piperidine rings is 1. The van der Waals surface area contributed by atoms with Gasteiger partial charge in [0.1, 0.15) is 6.04 Å². The maximum absolute atomic E-state index is 12.0. The Morgan fingerprint density at radius 1 is 1.53 bits per heavy atom. The van der Waals surface area contributed by atoms with E-state index in [2.05, 4.69) is 6.92 Å². The smallest absolute Gasteiger partial charge is 0.345 e. The van der Waals surface area contributed by atoms with Crippen molar-refractivity contribution in [2.45, 2.75) is 44.7 Å². The number of carbonyl (C=O) groups is 2. The fraction of sp³-hybridized carbons (Fsp3) is 0.818. The van der Waals surface area contributed by atoms with Crippen molar-refractivity contribution in [3.8, 4) is 0 Å². The third kappa shape index (κ3) is 2.22. The molecule has 17 heavy (non-hydrogen) atoms. The van der Waals surface area contributed by atoms with Crippen molar-refractivity contribution in [1.29, 1.82) is 0 Å². The first-order valence-corrected chi connectivity index (χ1v) is 6.10. The number of aliphatic carboxylic acids is 1. The minimum Gasteiger partial charge on any atom is -0.480 e. The number of hydroxylamine groups is 2. The summed E-state index contributed by atoms with van der Waals surface area (Å²) in [5, 5.41) is 10.4. The average Bonchev–Trinajstić information content (AvgIpc) is 2.54. The third-order valence-corrected chi connectivity index (χ3v) is 3.34. The zero-order chi connectivity index (χ0) is 12.4. The minimum atomic E-state index is -0.924. The van der Waals surface area contributed by atoms with E-state index in [0.29, 0.717) is 26.0 Å². The SMILES string of the molecule is CCCCON1C(=O)N2C[C@H]1CC[C@H]2C(=O)O. The molecule has 2 aliphatic rings. The summed E-state index contributed by atoms with van der Waals surface area (Å²) in [6.07, 6.45) is 3.12. The summed E-state index contributed by atoms with van der Waals surface area (Å²) in [6, 6.07) is -0.954. The van der Waals surface area contributed by atoms with Crippen molar-refractivity contribution >= 4 is 12.0 Å². The number of fused-ring (bicyclic) bond motifs is 2. The van der Waals surface area contributed by atoms with Crippen LogP contribution in [0.25, 0.3) is 0 Å². The summed E-state index contributed by atoms with van der Waals surface area (Å²) in [6.45, 7) is 3.05. The molecule has 2 fully saturated rings. The molecule has 6 nitrogen and oxygen atoms in total. The van der Waals surface area contributed by atoms with Gasteiger partial charge in [-0.2, -0.15) is 5.06 Å². The van der Waals surface area contributed by atoms with E-state index < -0.39 is 12.0 Å². The van der Waals surface area contributed by atoms with Crippen LogP contribution in [-0.2, 0) is 9.63 Å². The summed E-state index contributed by atoms with van der Waals surface area (Å²) in [4.78, 5) is 29.8. The number of carboxylic acid groups (broad SMARTS) is 1. The number of urea groups is 1. The average molecular weight is 242 g/mol. The lowest BCUT2D eigenvalue weighted by molar-refractivity contribution is -0.142. The second-order valence-corrected chi connectivity index (χ2v) is 4.53. The Kier molecular flexibility index (Phi) is 3.51. The molecule has 2 atom stereocenters. The molecule has 0 radical (unpaired) electrons. The zero-order valence-corrected chi connectivity index (χ0v) is 9.96. The van der Waals surface area contributed by atoms with Gasteiger partial charge >= 0.3 is 12.0 Å². The summed E-state index contributed by atoms with van der Waals surface area (Å²) in [7, 11) is 0. The minimum absolute atomic E-state index is 0.0231. The molecular weight excluding hydrogens is 224 g/mol. The normalized spacial score (nSPS) is 27.7. The molecule has 0 aliphatic carbocycles. The number of carboxylic acids is 1. The predicted molar refractivity (Wildman–Crippen MR) is 59.2 cm³/mol. The molecule has 0 aromatic carbocycles. The summed E-state index contributed by atoms with van der Waals surface area (Å²) in [5.41, 5.74) is 0. The first-order chi connectivity index (χ1) is 8.15. The number of unbranched alkanes of at least 4 members (excludes halogenated alkanes) is 1. The van der Waals surface area contributed by atoms with Crippen LogP contribution in [0.1, 0.15) is 32.6 Å². The molecule has 2 saturated heterocycles. The largest absolute Gasteiger partial charge is 0.480 e. The molecule has 0 aromatic heterocycles. The monoisotopic (exact) mass is 242 g/mol. The van der Waals surface area contributed by atoms with E-state index in [-0.39, 0.29) is 12.1 Å². The molecule has 2 amide bonds. The molecule has 96 valence electrons. The van der Waals surface area contributed by atoms with Gasteiger partial charge in [0.15, 0.2) is 0 Å². The van der Waals surface area contributed by atoms with Crippen LogP contribution in [0, 0.1) is 0 Å². The van der Waals surface area contributed by atoms with Crippen molar-refractivity contribution in [2.75, 3.05) is 13.2 Å². The number of hydrogen-bond acceptors (Lipinski definition) is 3. The maximum Gasteiger partial charge on any atom is 0.345 e. The van der Waals surface area contributed by atoms with Gasteiger partial charge in [0.05, 0.1) is 12.6 Å². The van der Waals surface area contributed by atoms with Crippen LogP contribution in [0.15, 0.2) is 0 Å². The van der Waals surface area contributed by atoms with Gasteiger partial charge < -0.3 is 10.0 Å². The van der Waals surface area contributed by atoms with Gasteiger partial charge in [0.2, 0.25) is 0 Å². The van der Waals surface area contributed by atoms with E-state index in [1.54, 1.807) is 0 Å². The van der Waals surface area contributed by atoms with Crippen LogP contribution in [0.3, 0.4) is 0 Å². The number of nitrogens with zero attached hydrogens (tertiary/aromatic N) is 2. The second kappa shape index (κ2) is 4.91. The Balaban J connectivity index is 1.99. The van der Waals surface area contributed by atoms with Gasteiger partial charge in [-0.25, -0.2) is 9.59 Å². The third-order valence-electron chi connectivity index (χ3n) is 3.34. The zero-order valence-electron chi connectivity index (χ0n) is 9.96. The molecule has 0 saturated carbocycles. The molecule has 2 aliphatic heterocycles. The predicted octanol–water partition coefficient (Wildman–Crippen LogP) is 1.07. The van der Waals surface area contributed by atoms with Crippen molar-refractivity contribution in [1.82, 2.24) is 9.96 Å². The Morgan fingerprint density at radius 3 is 2.94 bits per heavy atom. The Morgan fingerprint density at radius 2 is 2.29 bits per heavy atom. The molecule has 2 rings (SSSR count).